The largest absolute Gasteiger partial charge is 0.506 e. The number of carbonyl (C=O) groups excluding carboxylic acids is 2. The first-order valence-corrected chi connectivity index (χ1v) is 14.6. The monoisotopic (exact) mass is 458 g/mol. The zero-order chi connectivity index (χ0) is 24.1. The van der Waals surface area contributed by atoms with Crippen LogP contribution < -0.4 is 9.47 Å². The van der Waals surface area contributed by atoms with Gasteiger partial charge in [-0.2, -0.15) is 0 Å². The standard InChI is InChI=1S/C25H34O6Si/c1-15(26)19-17-12-25(14-32(6,7)8,13-30-23(28)24(2,3)4)31-22(17)16-10-9-11-18(29-5)20(16)21(19)27/h9-11,27H,12-14H2,1-8H3. The highest BCUT2D eigenvalue weighted by molar-refractivity contribution is 6.76. The summed E-state index contributed by atoms with van der Waals surface area (Å²) < 4.78 is 17.8. The number of hydrogen-bond donors (Lipinski definition) is 1. The zero-order valence-electron chi connectivity index (χ0n) is 20.3. The third kappa shape index (κ3) is 4.49. The van der Waals surface area contributed by atoms with E-state index in [9.17, 15) is 14.7 Å². The number of ketones is 1. The van der Waals surface area contributed by atoms with Crippen molar-refractivity contribution < 1.29 is 28.9 Å². The molecule has 0 bridgehead atoms. The summed E-state index contributed by atoms with van der Waals surface area (Å²) in [5.74, 6) is 0.393. The molecule has 0 saturated carbocycles. The lowest BCUT2D eigenvalue weighted by Gasteiger charge is -2.34. The van der Waals surface area contributed by atoms with Gasteiger partial charge < -0.3 is 19.3 Å². The molecule has 0 fully saturated rings. The lowest BCUT2D eigenvalue weighted by molar-refractivity contribution is -0.158. The molecule has 0 radical (unpaired) electrons. The van der Waals surface area contributed by atoms with Gasteiger partial charge in [-0.1, -0.05) is 31.8 Å². The summed E-state index contributed by atoms with van der Waals surface area (Å²) in [4.78, 5) is 25.2. The van der Waals surface area contributed by atoms with E-state index in [-0.39, 0.29) is 29.7 Å². The van der Waals surface area contributed by atoms with Crippen LogP contribution in [0.15, 0.2) is 18.2 Å². The van der Waals surface area contributed by atoms with Crippen LogP contribution in [0.1, 0.15) is 43.6 Å². The molecule has 174 valence electrons. The van der Waals surface area contributed by atoms with Crippen molar-refractivity contribution in [3.63, 3.8) is 0 Å². The van der Waals surface area contributed by atoms with Crippen LogP contribution in [0, 0.1) is 5.41 Å². The molecule has 3 rings (SSSR count). The predicted octanol–water partition coefficient (Wildman–Crippen LogP) is 5.36. The molecule has 0 amide bonds. The summed E-state index contributed by atoms with van der Waals surface area (Å²) in [6.45, 7) is 13.7. The van der Waals surface area contributed by atoms with E-state index in [0.29, 0.717) is 34.3 Å². The van der Waals surface area contributed by atoms with Crippen molar-refractivity contribution in [3.8, 4) is 17.2 Å². The van der Waals surface area contributed by atoms with Crippen LogP contribution in [-0.4, -0.2) is 44.3 Å². The van der Waals surface area contributed by atoms with Crippen molar-refractivity contribution in [1.82, 2.24) is 0 Å². The first-order valence-electron chi connectivity index (χ1n) is 10.9. The van der Waals surface area contributed by atoms with Crippen LogP contribution in [0.4, 0.5) is 0 Å². The second kappa shape index (κ2) is 8.10. The average Bonchev–Trinajstić information content (AvgIpc) is 3.02. The summed E-state index contributed by atoms with van der Waals surface area (Å²) in [6, 6.07) is 6.16. The third-order valence-electron chi connectivity index (χ3n) is 5.64. The molecule has 1 heterocycles. The summed E-state index contributed by atoms with van der Waals surface area (Å²) in [6.07, 6.45) is 0.389. The van der Waals surface area contributed by atoms with Crippen molar-refractivity contribution in [1.29, 1.82) is 0 Å². The molecule has 2 aromatic carbocycles. The molecule has 1 atom stereocenters. The van der Waals surface area contributed by atoms with Crippen molar-refractivity contribution >= 4 is 30.6 Å². The number of phenolic OH excluding ortho intramolecular Hbond substituents is 1. The number of phenols is 1. The number of methoxy groups -OCH3 is 1. The lowest BCUT2D eigenvalue weighted by atomic mass is 9.91. The molecular weight excluding hydrogens is 424 g/mol. The van der Waals surface area contributed by atoms with Crippen molar-refractivity contribution in [3.05, 3.63) is 29.3 Å². The maximum absolute atomic E-state index is 12.6. The van der Waals surface area contributed by atoms with E-state index in [4.69, 9.17) is 14.2 Å². The Morgan fingerprint density at radius 2 is 1.88 bits per heavy atom. The van der Waals surface area contributed by atoms with E-state index >= 15 is 0 Å². The Labute approximate surface area is 190 Å². The average molecular weight is 459 g/mol. The molecule has 1 aliphatic rings. The van der Waals surface area contributed by atoms with Gasteiger partial charge in [0, 0.05) is 25.4 Å². The number of esters is 1. The number of benzene rings is 2. The Hall–Kier alpha value is -2.54. The van der Waals surface area contributed by atoms with E-state index in [1.807, 2.05) is 32.9 Å². The second-order valence-electron chi connectivity index (χ2n) is 11.0. The van der Waals surface area contributed by atoms with E-state index in [1.54, 1.807) is 6.07 Å². The smallest absolute Gasteiger partial charge is 0.311 e. The Bertz CT molecular complexity index is 1080. The predicted molar refractivity (Wildman–Crippen MR) is 128 cm³/mol. The molecule has 1 unspecified atom stereocenters. The second-order valence-corrected chi connectivity index (χ2v) is 16.5. The minimum Gasteiger partial charge on any atom is -0.506 e. The Balaban J connectivity index is 2.19. The zero-order valence-corrected chi connectivity index (χ0v) is 21.3. The van der Waals surface area contributed by atoms with Crippen LogP contribution in [0.5, 0.6) is 17.2 Å². The van der Waals surface area contributed by atoms with Crippen LogP contribution >= 0.6 is 0 Å². The van der Waals surface area contributed by atoms with Gasteiger partial charge >= 0.3 is 5.97 Å². The highest BCUT2D eigenvalue weighted by atomic mass is 28.3. The first kappa shape index (κ1) is 24.1. The lowest BCUT2D eigenvalue weighted by Crippen LogP contribution is -2.47. The van der Waals surface area contributed by atoms with Crippen molar-refractivity contribution in [2.75, 3.05) is 13.7 Å². The maximum atomic E-state index is 12.6. The van der Waals surface area contributed by atoms with Crippen LogP contribution in [0.2, 0.25) is 25.7 Å². The van der Waals surface area contributed by atoms with Crippen molar-refractivity contribution in [2.24, 2.45) is 5.41 Å². The topological polar surface area (TPSA) is 82.1 Å². The van der Waals surface area contributed by atoms with Gasteiger partial charge in [-0.05, 0) is 39.8 Å². The van der Waals surface area contributed by atoms with Gasteiger partial charge in [-0.25, -0.2) is 0 Å². The fourth-order valence-electron chi connectivity index (χ4n) is 4.53. The summed E-state index contributed by atoms with van der Waals surface area (Å²) in [5, 5.41) is 12.2. The maximum Gasteiger partial charge on any atom is 0.311 e. The number of aromatic hydroxyl groups is 1. The van der Waals surface area contributed by atoms with Gasteiger partial charge in [-0.3, -0.25) is 9.59 Å². The van der Waals surface area contributed by atoms with E-state index in [0.717, 1.165) is 6.04 Å². The third-order valence-corrected chi connectivity index (χ3v) is 7.35. The normalized spacial score (nSPS) is 18.2. The molecule has 6 nitrogen and oxygen atoms in total. The van der Waals surface area contributed by atoms with Crippen molar-refractivity contribution in [2.45, 2.75) is 65.4 Å². The quantitative estimate of drug-likeness (QED) is 0.357. The molecule has 0 spiro atoms. The fraction of sp³-hybridized carbons (Fsp3) is 0.520. The highest BCUT2D eigenvalue weighted by Crippen LogP contribution is 2.51. The Kier molecular flexibility index (Phi) is 6.10. The first-order chi connectivity index (χ1) is 14.7. The summed E-state index contributed by atoms with van der Waals surface area (Å²) in [5.41, 5.74) is -0.506. The van der Waals surface area contributed by atoms with E-state index in [2.05, 4.69) is 19.6 Å². The molecule has 1 aliphatic heterocycles. The molecule has 2 aromatic rings. The Morgan fingerprint density at radius 3 is 2.41 bits per heavy atom. The SMILES string of the molecule is COc1cccc2c3c(c(C(C)=O)c(O)c12)CC(COC(=O)C(C)(C)C)(C[Si](C)(C)C)O3. The molecule has 0 saturated heterocycles. The van der Waals surface area contributed by atoms with Gasteiger partial charge in [0.25, 0.3) is 0 Å². The van der Waals surface area contributed by atoms with E-state index < -0.39 is 19.1 Å². The summed E-state index contributed by atoms with van der Waals surface area (Å²) in [7, 11) is -0.159. The number of rotatable bonds is 6. The molecule has 0 aromatic heterocycles. The molecule has 7 heteroatoms. The highest BCUT2D eigenvalue weighted by Gasteiger charge is 2.47. The number of carbonyl (C=O) groups is 2. The van der Waals surface area contributed by atoms with Crippen LogP contribution in [0.3, 0.4) is 0 Å². The minimum absolute atomic E-state index is 0.0889. The van der Waals surface area contributed by atoms with Gasteiger partial charge in [0.1, 0.15) is 29.5 Å². The number of hydrogen-bond acceptors (Lipinski definition) is 6. The Morgan fingerprint density at radius 1 is 1.22 bits per heavy atom. The van der Waals surface area contributed by atoms with Gasteiger partial charge in [0.15, 0.2) is 5.78 Å². The fourth-order valence-corrected chi connectivity index (χ4v) is 6.76. The van der Waals surface area contributed by atoms with Crippen LogP contribution in [0.25, 0.3) is 10.8 Å². The number of fused-ring (bicyclic) bond motifs is 3. The van der Waals surface area contributed by atoms with Crippen LogP contribution in [-0.2, 0) is 16.0 Å². The van der Waals surface area contributed by atoms with E-state index in [1.165, 1.54) is 14.0 Å². The van der Waals surface area contributed by atoms with Gasteiger partial charge in [-0.15, -0.1) is 0 Å². The number of Topliss-reactive ketones (excluding diaryl/α,β-unsaturated/α-hetero) is 1. The minimum atomic E-state index is -1.68. The molecule has 32 heavy (non-hydrogen) atoms. The molecule has 1 N–H and O–H groups in total. The van der Waals surface area contributed by atoms with Gasteiger partial charge in [0.2, 0.25) is 0 Å². The molecular formula is C25H34O6Si. The summed E-state index contributed by atoms with van der Waals surface area (Å²) >= 11 is 0. The molecule has 0 aliphatic carbocycles. The van der Waals surface area contributed by atoms with Gasteiger partial charge in [0.05, 0.1) is 23.5 Å². The number of ether oxygens (including phenoxy) is 3.